The summed E-state index contributed by atoms with van der Waals surface area (Å²) in [6.07, 6.45) is 1.80. The number of fused-ring (bicyclic) bond motifs is 1. The number of hydrogen-bond donors (Lipinski definition) is 2. The first-order valence-corrected chi connectivity index (χ1v) is 9.79. The first kappa shape index (κ1) is 24.3. The zero-order chi connectivity index (χ0) is 20.8. The molecule has 1 aliphatic heterocycles. The Labute approximate surface area is 193 Å². The fraction of sp³-hybridized carbons (Fsp3) is 0.409. The van der Waals surface area contributed by atoms with E-state index in [9.17, 15) is 8.78 Å². The quantitative estimate of drug-likeness (QED) is 0.327. The molecule has 2 aromatic rings. The van der Waals surface area contributed by atoms with Crippen molar-refractivity contribution in [2.24, 2.45) is 4.99 Å². The van der Waals surface area contributed by atoms with Gasteiger partial charge in [-0.3, -0.25) is 4.99 Å². The van der Waals surface area contributed by atoms with Crippen LogP contribution in [0.25, 0.3) is 0 Å². The van der Waals surface area contributed by atoms with E-state index in [1.807, 2.05) is 6.07 Å². The van der Waals surface area contributed by atoms with E-state index < -0.39 is 17.7 Å². The van der Waals surface area contributed by atoms with E-state index in [4.69, 9.17) is 4.74 Å². The molecule has 0 fully saturated rings. The Morgan fingerprint density at radius 1 is 1.17 bits per heavy atom. The Hall–Kier alpha value is -1.94. The topological polar surface area (TPSA) is 48.9 Å². The Morgan fingerprint density at radius 2 is 1.90 bits per heavy atom. The first-order valence-electron chi connectivity index (χ1n) is 9.79. The van der Waals surface area contributed by atoms with Crippen LogP contribution in [0.1, 0.15) is 22.7 Å². The van der Waals surface area contributed by atoms with E-state index in [0.29, 0.717) is 19.0 Å². The Morgan fingerprint density at radius 3 is 2.57 bits per heavy atom. The lowest BCUT2D eigenvalue weighted by Crippen LogP contribution is -2.42. The number of benzene rings is 2. The zero-order valence-electron chi connectivity index (χ0n) is 17.5. The Balaban J connectivity index is 0.00000320. The number of aliphatic imine (C=N–C) groups is 1. The van der Waals surface area contributed by atoms with Gasteiger partial charge in [-0.15, -0.1) is 24.0 Å². The molecule has 1 heterocycles. The van der Waals surface area contributed by atoms with Crippen molar-refractivity contribution in [2.75, 3.05) is 40.8 Å². The van der Waals surface area contributed by atoms with Gasteiger partial charge < -0.3 is 20.3 Å². The summed E-state index contributed by atoms with van der Waals surface area (Å²) in [4.78, 5) is 6.00. The Bertz CT molecular complexity index is 856. The second kappa shape index (κ2) is 11.5. The van der Waals surface area contributed by atoms with Gasteiger partial charge in [-0.1, -0.05) is 18.2 Å². The van der Waals surface area contributed by atoms with E-state index in [0.717, 1.165) is 25.2 Å². The molecule has 0 amide bonds. The Kier molecular flexibility index (Phi) is 9.29. The summed E-state index contributed by atoms with van der Waals surface area (Å²) >= 11 is 0. The number of nitrogens with zero attached hydrogens (tertiary/aromatic N) is 2. The molecule has 5 nitrogen and oxygen atoms in total. The lowest BCUT2D eigenvalue weighted by molar-refractivity contribution is 0.282. The average Bonchev–Trinajstić information content (AvgIpc) is 3.16. The van der Waals surface area contributed by atoms with Crippen molar-refractivity contribution in [3.8, 4) is 5.75 Å². The van der Waals surface area contributed by atoms with Gasteiger partial charge in [0.25, 0.3) is 0 Å². The smallest absolute Gasteiger partial charge is 0.191 e. The van der Waals surface area contributed by atoms with Crippen LogP contribution in [0.15, 0.2) is 41.4 Å². The molecule has 2 N–H and O–H groups in total. The number of guanidine groups is 1. The summed E-state index contributed by atoms with van der Waals surface area (Å²) < 4.78 is 33.9. The molecule has 1 aliphatic rings. The fourth-order valence-electron chi connectivity index (χ4n) is 3.51. The van der Waals surface area contributed by atoms with Gasteiger partial charge in [0.2, 0.25) is 0 Å². The highest BCUT2D eigenvalue weighted by Crippen LogP contribution is 2.26. The molecule has 0 spiro atoms. The third kappa shape index (κ3) is 6.04. The predicted molar refractivity (Wildman–Crippen MR) is 127 cm³/mol. The van der Waals surface area contributed by atoms with Crippen LogP contribution < -0.4 is 15.4 Å². The number of rotatable bonds is 7. The molecule has 0 radical (unpaired) electrons. The van der Waals surface area contributed by atoms with Crippen molar-refractivity contribution in [2.45, 2.75) is 18.9 Å². The van der Waals surface area contributed by atoms with Gasteiger partial charge in [-0.05, 0) is 49.8 Å². The largest absolute Gasteiger partial charge is 0.493 e. The van der Waals surface area contributed by atoms with Crippen molar-refractivity contribution in [3.05, 3.63) is 64.7 Å². The maximum Gasteiger partial charge on any atom is 0.191 e. The van der Waals surface area contributed by atoms with Gasteiger partial charge in [0.15, 0.2) is 5.96 Å². The molecule has 0 bridgehead atoms. The lowest BCUT2D eigenvalue weighted by Gasteiger charge is -2.26. The molecule has 1 atom stereocenters. The van der Waals surface area contributed by atoms with Crippen molar-refractivity contribution in [1.29, 1.82) is 0 Å². The minimum Gasteiger partial charge on any atom is -0.493 e. The number of nitrogens with one attached hydrogen (secondary N) is 2. The van der Waals surface area contributed by atoms with E-state index in [-0.39, 0.29) is 29.5 Å². The van der Waals surface area contributed by atoms with Gasteiger partial charge in [0.05, 0.1) is 12.6 Å². The highest BCUT2D eigenvalue weighted by Gasteiger charge is 2.22. The molecule has 30 heavy (non-hydrogen) atoms. The highest BCUT2D eigenvalue weighted by molar-refractivity contribution is 14.0. The minimum absolute atomic E-state index is 0. The molecule has 0 aromatic heterocycles. The first-order chi connectivity index (χ1) is 14.0. The summed E-state index contributed by atoms with van der Waals surface area (Å²) in [6, 6.07) is 9.75. The summed E-state index contributed by atoms with van der Waals surface area (Å²) in [5, 5.41) is 6.44. The molecule has 1 unspecified atom stereocenters. The third-order valence-corrected chi connectivity index (χ3v) is 5.10. The molecule has 164 valence electrons. The summed E-state index contributed by atoms with van der Waals surface area (Å²) in [5.74, 6) is 0.482. The van der Waals surface area contributed by atoms with Crippen molar-refractivity contribution in [1.82, 2.24) is 15.5 Å². The molecular formula is C22H29F2IN4O. The zero-order valence-corrected chi connectivity index (χ0v) is 19.9. The van der Waals surface area contributed by atoms with Crippen LogP contribution in [0.3, 0.4) is 0 Å². The number of ether oxygens (including phenoxy) is 1. The van der Waals surface area contributed by atoms with Crippen LogP contribution in [0.5, 0.6) is 5.75 Å². The van der Waals surface area contributed by atoms with Crippen LogP contribution in [0.2, 0.25) is 0 Å². The number of hydrogen-bond acceptors (Lipinski definition) is 3. The number of likely N-dealkylation sites (N-methyl/N-ethyl adjacent to an activating group) is 1. The summed E-state index contributed by atoms with van der Waals surface area (Å²) in [7, 11) is 5.27. The molecular weight excluding hydrogens is 501 g/mol. The molecule has 0 aliphatic carbocycles. The second-order valence-electron chi connectivity index (χ2n) is 7.29. The van der Waals surface area contributed by atoms with E-state index in [1.165, 1.54) is 29.3 Å². The third-order valence-electron chi connectivity index (χ3n) is 5.10. The van der Waals surface area contributed by atoms with Gasteiger partial charge in [-0.2, -0.15) is 0 Å². The standard InChI is InChI=1S/C22H28F2N4O.HI/c1-25-22(26-11-9-15-7-8-20-16(13-15)10-12-29-20)27-14-19(28(2)3)21-17(23)5-4-6-18(21)24;/h4-8,13,19H,9-12,14H2,1-3H3,(H2,25,26,27);1H. The van der Waals surface area contributed by atoms with Crippen LogP contribution in [-0.4, -0.2) is 51.7 Å². The van der Waals surface area contributed by atoms with Gasteiger partial charge >= 0.3 is 0 Å². The average molecular weight is 530 g/mol. The molecule has 8 heteroatoms. The molecule has 0 saturated carbocycles. The van der Waals surface area contributed by atoms with Crippen molar-refractivity contribution in [3.63, 3.8) is 0 Å². The maximum atomic E-state index is 14.2. The molecule has 2 aromatic carbocycles. The van der Waals surface area contributed by atoms with Crippen molar-refractivity contribution >= 4 is 29.9 Å². The normalized spacial score (nSPS) is 14.0. The van der Waals surface area contributed by atoms with Gasteiger partial charge in [0.1, 0.15) is 17.4 Å². The highest BCUT2D eigenvalue weighted by atomic mass is 127. The SMILES string of the molecule is CN=C(NCCc1ccc2c(c1)CCO2)NCC(c1c(F)cccc1F)N(C)C.I. The van der Waals surface area contributed by atoms with E-state index >= 15 is 0 Å². The van der Waals surface area contributed by atoms with Crippen molar-refractivity contribution < 1.29 is 13.5 Å². The maximum absolute atomic E-state index is 14.2. The number of halogens is 3. The monoisotopic (exact) mass is 530 g/mol. The van der Waals surface area contributed by atoms with Crippen LogP contribution in [-0.2, 0) is 12.8 Å². The summed E-state index contributed by atoms with van der Waals surface area (Å²) in [6.45, 7) is 1.77. The second-order valence-corrected chi connectivity index (χ2v) is 7.29. The van der Waals surface area contributed by atoms with Gasteiger partial charge in [-0.25, -0.2) is 8.78 Å². The predicted octanol–water partition coefficient (Wildman–Crippen LogP) is 3.53. The fourth-order valence-corrected chi connectivity index (χ4v) is 3.51. The van der Waals surface area contributed by atoms with E-state index in [2.05, 4.69) is 27.8 Å². The minimum atomic E-state index is -0.547. The van der Waals surface area contributed by atoms with Gasteiger partial charge in [0, 0.05) is 32.1 Å². The van der Waals surface area contributed by atoms with E-state index in [1.54, 1.807) is 26.0 Å². The summed E-state index contributed by atoms with van der Waals surface area (Å²) in [5.41, 5.74) is 2.54. The van der Waals surface area contributed by atoms with Crippen LogP contribution >= 0.6 is 24.0 Å². The van der Waals surface area contributed by atoms with Crippen LogP contribution in [0, 0.1) is 11.6 Å². The molecule has 0 saturated heterocycles. The molecule has 3 rings (SSSR count). The lowest BCUT2D eigenvalue weighted by atomic mass is 10.0. The van der Waals surface area contributed by atoms with Crippen LogP contribution in [0.4, 0.5) is 8.78 Å².